The Hall–Kier alpha value is -1.46. The largest absolute Gasteiger partial charge is 0.399 e. The Morgan fingerprint density at radius 2 is 1.88 bits per heavy atom. The zero-order chi connectivity index (χ0) is 11.5. The van der Waals surface area contributed by atoms with Crippen molar-refractivity contribution >= 4 is 17.1 Å². The number of nitrogens with zero attached hydrogens (tertiary/aromatic N) is 2. The van der Waals surface area contributed by atoms with Crippen molar-refractivity contribution in [1.29, 1.82) is 0 Å². The quantitative estimate of drug-likeness (QED) is 0.395. The highest BCUT2D eigenvalue weighted by Gasteiger charge is 2.15. The standard InChI is InChI=1S/C11H19N5/c12-9-3-4-11(10(13)7-9)16(14)8-15-5-1-2-6-15/h3-4,7H,1-2,5-6,8,12-14H2. The second-order valence-electron chi connectivity index (χ2n) is 4.25. The van der Waals surface area contributed by atoms with Gasteiger partial charge in [0.25, 0.3) is 0 Å². The molecule has 1 aliphatic rings. The van der Waals surface area contributed by atoms with Crippen LogP contribution in [0.4, 0.5) is 17.1 Å². The zero-order valence-corrected chi connectivity index (χ0v) is 9.39. The van der Waals surface area contributed by atoms with E-state index in [9.17, 15) is 0 Å². The van der Waals surface area contributed by atoms with Crippen molar-refractivity contribution < 1.29 is 0 Å². The van der Waals surface area contributed by atoms with Crippen LogP contribution in [0.15, 0.2) is 18.2 Å². The number of likely N-dealkylation sites (tertiary alicyclic amines) is 1. The van der Waals surface area contributed by atoms with Crippen molar-refractivity contribution in [2.24, 2.45) is 5.84 Å². The molecule has 88 valence electrons. The normalized spacial score (nSPS) is 16.6. The van der Waals surface area contributed by atoms with Crippen molar-refractivity contribution in [1.82, 2.24) is 4.90 Å². The van der Waals surface area contributed by atoms with Crippen LogP contribution < -0.4 is 22.3 Å². The molecule has 1 heterocycles. The number of rotatable bonds is 3. The van der Waals surface area contributed by atoms with E-state index in [4.69, 9.17) is 17.3 Å². The molecule has 5 nitrogen and oxygen atoms in total. The van der Waals surface area contributed by atoms with Gasteiger partial charge in [-0.05, 0) is 44.1 Å². The lowest BCUT2D eigenvalue weighted by Gasteiger charge is -2.26. The van der Waals surface area contributed by atoms with Gasteiger partial charge in [-0.25, -0.2) is 5.84 Å². The minimum absolute atomic E-state index is 0.627. The summed E-state index contributed by atoms with van der Waals surface area (Å²) in [7, 11) is 0. The Morgan fingerprint density at radius 3 is 2.50 bits per heavy atom. The second-order valence-corrected chi connectivity index (χ2v) is 4.25. The fraction of sp³-hybridized carbons (Fsp3) is 0.455. The van der Waals surface area contributed by atoms with Crippen molar-refractivity contribution in [2.45, 2.75) is 12.8 Å². The summed E-state index contributed by atoms with van der Waals surface area (Å²) in [5, 5.41) is 1.68. The highest BCUT2D eigenvalue weighted by atomic mass is 15.5. The summed E-state index contributed by atoms with van der Waals surface area (Å²) in [6.07, 6.45) is 2.51. The third kappa shape index (κ3) is 2.37. The minimum atomic E-state index is 0.627. The van der Waals surface area contributed by atoms with Crippen LogP contribution >= 0.6 is 0 Å². The Bertz CT molecular complexity index is 359. The summed E-state index contributed by atoms with van der Waals surface area (Å²) in [6, 6.07) is 5.41. The number of hydrogen-bond donors (Lipinski definition) is 3. The van der Waals surface area contributed by atoms with Gasteiger partial charge in [0, 0.05) is 5.69 Å². The average Bonchev–Trinajstić information content (AvgIpc) is 2.70. The molecule has 0 atom stereocenters. The predicted molar refractivity (Wildman–Crippen MR) is 67.6 cm³/mol. The fourth-order valence-corrected chi connectivity index (χ4v) is 2.05. The topological polar surface area (TPSA) is 84.5 Å². The number of nitrogens with two attached hydrogens (primary N) is 3. The SMILES string of the molecule is Nc1ccc(N(N)CN2CCCC2)c(N)c1. The first kappa shape index (κ1) is 11.0. The van der Waals surface area contributed by atoms with Crippen LogP contribution in [0.5, 0.6) is 0 Å². The summed E-state index contributed by atoms with van der Waals surface area (Å²) in [5.74, 6) is 6.00. The molecule has 1 aromatic rings. The van der Waals surface area contributed by atoms with E-state index in [2.05, 4.69) is 4.90 Å². The number of anilines is 3. The molecule has 0 spiro atoms. The van der Waals surface area contributed by atoms with E-state index in [1.807, 2.05) is 12.1 Å². The van der Waals surface area contributed by atoms with E-state index >= 15 is 0 Å². The van der Waals surface area contributed by atoms with Crippen molar-refractivity contribution in [3.05, 3.63) is 18.2 Å². The number of benzene rings is 1. The lowest BCUT2D eigenvalue weighted by atomic mass is 10.2. The van der Waals surface area contributed by atoms with Gasteiger partial charge >= 0.3 is 0 Å². The van der Waals surface area contributed by atoms with Gasteiger partial charge in [-0.3, -0.25) is 9.91 Å². The number of hydrazine groups is 1. The average molecular weight is 221 g/mol. The lowest BCUT2D eigenvalue weighted by Crippen LogP contribution is -2.41. The maximum absolute atomic E-state index is 6.00. The molecule has 0 radical (unpaired) electrons. The first-order chi connectivity index (χ1) is 7.66. The van der Waals surface area contributed by atoms with E-state index in [0.717, 1.165) is 18.8 Å². The summed E-state index contributed by atoms with van der Waals surface area (Å²) >= 11 is 0. The summed E-state index contributed by atoms with van der Waals surface area (Å²) in [5.41, 5.74) is 13.6. The van der Waals surface area contributed by atoms with Crippen LogP contribution in [0.25, 0.3) is 0 Å². The molecule has 6 N–H and O–H groups in total. The molecule has 0 aliphatic carbocycles. The van der Waals surface area contributed by atoms with E-state index in [1.54, 1.807) is 11.1 Å². The van der Waals surface area contributed by atoms with Crippen LogP contribution in [-0.2, 0) is 0 Å². The van der Waals surface area contributed by atoms with Gasteiger partial charge < -0.3 is 11.5 Å². The number of nitrogen functional groups attached to an aromatic ring is 2. The molecular formula is C11H19N5. The van der Waals surface area contributed by atoms with E-state index in [0.29, 0.717) is 18.0 Å². The molecule has 1 saturated heterocycles. The minimum Gasteiger partial charge on any atom is -0.399 e. The Labute approximate surface area is 95.8 Å². The molecule has 16 heavy (non-hydrogen) atoms. The molecule has 1 aliphatic heterocycles. The van der Waals surface area contributed by atoms with E-state index in [-0.39, 0.29) is 0 Å². The first-order valence-corrected chi connectivity index (χ1v) is 5.56. The van der Waals surface area contributed by atoms with Crippen molar-refractivity contribution in [3.63, 3.8) is 0 Å². The highest BCUT2D eigenvalue weighted by Crippen LogP contribution is 2.23. The van der Waals surface area contributed by atoms with Gasteiger partial charge in [-0.15, -0.1) is 0 Å². The second kappa shape index (κ2) is 4.59. The van der Waals surface area contributed by atoms with Gasteiger partial charge in [0.05, 0.1) is 18.0 Å². The molecule has 0 bridgehead atoms. The molecule has 1 aromatic carbocycles. The molecule has 0 saturated carbocycles. The van der Waals surface area contributed by atoms with Gasteiger partial charge in [-0.1, -0.05) is 0 Å². The zero-order valence-electron chi connectivity index (χ0n) is 9.39. The maximum atomic E-state index is 6.00. The summed E-state index contributed by atoms with van der Waals surface area (Å²) in [4.78, 5) is 2.32. The Kier molecular flexibility index (Phi) is 3.17. The van der Waals surface area contributed by atoms with Gasteiger partial charge in [-0.2, -0.15) is 0 Å². The van der Waals surface area contributed by atoms with E-state index < -0.39 is 0 Å². The molecule has 5 heteroatoms. The van der Waals surface area contributed by atoms with Crippen molar-refractivity contribution in [3.8, 4) is 0 Å². The van der Waals surface area contributed by atoms with Crippen LogP contribution in [0, 0.1) is 0 Å². The van der Waals surface area contributed by atoms with Gasteiger partial charge in [0.1, 0.15) is 0 Å². The summed E-state index contributed by atoms with van der Waals surface area (Å²) in [6.45, 7) is 2.94. The molecule has 1 fully saturated rings. The summed E-state index contributed by atoms with van der Waals surface area (Å²) < 4.78 is 0. The molecular weight excluding hydrogens is 202 g/mol. The Balaban J connectivity index is 2.04. The van der Waals surface area contributed by atoms with Crippen molar-refractivity contribution in [2.75, 3.05) is 36.2 Å². The smallest absolute Gasteiger partial charge is 0.0862 e. The maximum Gasteiger partial charge on any atom is 0.0862 e. The van der Waals surface area contributed by atoms with Crippen LogP contribution in [-0.4, -0.2) is 24.7 Å². The Morgan fingerprint density at radius 1 is 1.19 bits per heavy atom. The van der Waals surface area contributed by atoms with Gasteiger partial charge in [0.15, 0.2) is 0 Å². The van der Waals surface area contributed by atoms with Crippen LogP contribution in [0.3, 0.4) is 0 Å². The van der Waals surface area contributed by atoms with Gasteiger partial charge in [0.2, 0.25) is 0 Å². The molecule has 0 amide bonds. The predicted octanol–water partition coefficient (Wildman–Crippen LogP) is 0.584. The third-order valence-corrected chi connectivity index (χ3v) is 2.91. The van der Waals surface area contributed by atoms with Crippen LogP contribution in [0.2, 0.25) is 0 Å². The number of hydrogen-bond acceptors (Lipinski definition) is 5. The first-order valence-electron chi connectivity index (χ1n) is 5.56. The third-order valence-electron chi connectivity index (χ3n) is 2.91. The lowest BCUT2D eigenvalue weighted by molar-refractivity contribution is 0.337. The molecule has 0 aromatic heterocycles. The molecule has 0 unspecified atom stereocenters. The monoisotopic (exact) mass is 221 g/mol. The van der Waals surface area contributed by atoms with E-state index in [1.165, 1.54) is 12.8 Å². The highest BCUT2D eigenvalue weighted by molar-refractivity contribution is 5.71. The molecule has 2 rings (SSSR count). The van der Waals surface area contributed by atoms with Crippen LogP contribution in [0.1, 0.15) is 12.8 Å². The fourth-order valence-electron chi connectivity index (χ4n) is 2.05.